The molecule has 0 aliphatic carbocycles. The molecule has 112 valence electrons. The van der Waals surface area contributed by atoms with Crippen LogP contribution in [-0.4, -0.2) is 25.4 Å². The first-order chi connectivity index (χ1) is 10.1. The lowest BCUT2D eigenvalue weighted by Gasteiger charge is -2.31. The van der Waals surface area contributed by atoms with Crippen molar-refractivity contribution in [2.24, 2.45) is 0 Å². The summed E-state index contributed by atoms with van der Waals surface area (Å²) in [5.41, 5.74) is 1.84. The first kappa shape index (κ1) is 14.0. The number of hydrogen-bond donors (Lipinski definition) is 1. The molecule has 1 aliphatic rings. The predicted molar refractivity (Wildman–Crippen MR) is 81.4 cm³/mol. The van der Waals surface area contributed by atoms with Gasteiger partial charge < -0.3 is 19.3 Å². The number of benzene rings is 2. The maximum atomic E-state index is 10.8. The highest BCUT2D eigenvalue weighted by atomic mass is 16.5. The fourth-order valence-corrected chi connectivity index (χ4v) is 3.32. The molecule has 0 saturated carbocycles. The summed E-state index contributed by atoms with van der Waals surface area (Å²) >= 11 is 0. The Morgan fingerprint density at radius 1 is 1.19 bits per heavy atom. The molecule has 1 heterocycles. The van der Waals surface area contributed by atoms with Gasteiger partial charge in [-0.25, -0.2) is 0 Å². The minimum absolute atomic E-state index is 0.101. The lowest BCUT2D eigenvalue weighted by molar-refractivity contribution is -0.00644. The number of methoxy groups -OCH3 is 2. The molecular weight excluding hydrogens is 268 g/mol. The van der Waals surface area contributed by atoms with Crippen LogP contribution in [0.3, 0.4) is 0 Å². The van der Waals surface area contributed by atoms with Crippen LogP contribution in [0.2, 0.25) is 0 Å². The third-order valence-corrected chi connectivity index (χ3v) is 4.12. The standard InChI is InChI=1S/C17H20O4/c1-9-8-12-14(10(2)21-9)16(18)15-11(17(12)20-4)6-5-7-13(15)19-3/h5-7,9-10,18H,8H2,1-4H3/t9-,10+/m1/s1. The van der Waals surface area contributed by atoms with Crippen molar-refractivity contribution < 1.29 is 19.3 Å². The third kappa shape index (κ3) is 2.02. The normalized spacial score (nSPS) is 21.1. The Balaban J connectivity index is 2.44. The fourth-order valence-electron chi connectivity index (χ4n) is 3.32. The Labute approximate surface area is 124 Å². The molecule has 0 aromatic heterocycles. The topological polar surface area (TPSA) is 47.9 Å². The summed E-state index contributed by atoms with van der Waals surface area (Å²) < 4.78 is 16.9. The monoisotopic (exact) mass is 288 g/mol. The van der Waals surface area contributed by atoms with Crippen LogP contribution in [0.25, 0.3) is 10.8 Å². The SMILES string of the molecule is COc1c2c(c(O)c3c(OC)cccc13)[C@H](C)O[C@H](C)C2. The molecule has 0 bridgehead atoms. The molecule has 4 heteroatoms. The average molecular weight is 288 g/mol. The minimum atomic E-state index is -0.174. The van der Waals surface area contributed by atoms with E-state index in [-0.39, 0.29) is 18.0 Å². The number of fused-ring (bicyclic) bond motifs is 2. The molecule has 1 N–H and O–H groups in total. The highest BCUT2D eigenvalue weighted by molar-refractivity contribution is 6.00. The van der Waals surface area contributed by atoms with Crippen LogP contribution in [-0.2, 0) is 11.2 Å². The van der Waals surface area contributed by atoms with Gasteiger partial charge in [-0.3, -0.25) is 0 Å². The zero-order valence-electron chi connectivity index (χ0n) is 12.8. The zero-order chi connectivity index (χ0) is 15.1. The van der Waals surface area contributed by atoms with Crippen molar-refractivity contribution in [1.82, 2.24) is 0 Å². The summed E-state index contributed by atoms with van der Waals surface area (Å²) in [4.78, 5) is 0. The second-order valence-corrected chi connectivity index (χ2v) is 5.45. The maximum Gasteiger partial charge on any atom is 0.133 e. The Bertz CT molecular complexity index is 693. The first-order valence-electron chi connectivity index (χ1n) is 7.12. The lowest BCUT2D eigenvalue weighted by atomic mass is 9.89. The van der Waals surface area contributed by atoms with Crippen molar-refractivity contribution in [3.63, 3.8) is 0 Å². The van der Waals surface area contributed by atoms with Gasteiger partial charge in [0, 0.05) is 22.9 Å². The van der Waals surface area contributed by atoms with E-state index in [2.05, 4.69) is 0 Å². The number of phenols is 1. The molecule has 0 saturated heterocycles. The highest BCUT2D eigenvalue weighted by Crippen LogP contribution is 2.49. The van der Waals surface area contributed by atoms with E-state index >= 15 is 0 Å². The Morgan fingerprint density at radius 3 is 2.62 bits per heavy atom. The molecule has 21 heavy (non-hydrogen) atoms. The van der Waals surface area contributed by atoms with E-state index < -0.39 is 0 Å². The fraction of sp³-hybridized carbons (Fsp3) is 0.412. The highest BCUT2D eigenvalue weighted by Gasteiger charge is 2.31. The van der Waals surface area contributed by atoms with Crippen LogP contribution in [0, 0.1) is 0 Å². The summed E-state index contributed by atoms with van der Waals surface area (Å²) in [6.07, 6.45) is 0.652. The van der Waals surface area contributed by atoms with Crippen molar-refractivity contribution >= 4 is 10.8 Å². The van der Waals surface area contributed by atoms with Gasteiger partial charge in [-0.05, 0) is 19.9 Å². The van der Waals surface area contributed by atoms with Crippen molar-refractivity contribution in [3.8, 4) is 17.2 Å². The molecule has 0 radical (unpaired) electrons. The molecule has 4 nitrogen and oxygen atoms in total. The van der Waals surface area contributed by atoms with Gasteiger partial charge in [0.25, 0.3) is 0 Å². The molecule has 0 spiro atoms. The van der Waals surface area contributed by atoms with E-state index in [0.29, 0.717) is 11.1 Å². The second-order valence-electron chi connectivity index (χ2n) is 5.45. The Kier molecular flexibility index (Phi) is 3.41. The van der Waals surface area contributed by atoms with Crippen molar-refractivity contribution in [1.29, 1.82) is 0 Å². The zero-order valence-corrected chi connectivity index (χ0v) is 12.8. The van der Waals surface area contributed by atoms with E-state index in [1.165, 1.54) is 0 Å². The van der Waals surface area contributed by atoms with Crippen LogP contribution < -0.4 is 9.47 Å². The summed E-state index contributed by atoms with van der Waals surface area (Å²) in [7, 11) is 3.26. The van der Waals surface area contributed by atoms with E-state index in [9.17, 15) is 5.11 Å². The van der Waals surface area contributed by atoms with E-state index in [0.717, 1.165) is 28.7 Å². The minimum Gasteiger partial charge on any atom is -0.507 e. The van der Waals surface area contributed by atoms with Gasteiger partial charge in [0.15, 0.2) is 0 Å². The van der Waals surface area contributed by atoms with Crippen molar-refractivity contribution in [2.45, 2.75) is 32.5 Å². The van der Waals surface area contributed by atoms with Crippen LogP contribution >= 0.6 is 0 Å². The average Bonchev–Trinajstić information content (AvgIpc) is 2.46. The maximum absolute atomic E-state index is 10.8. The number of phenolic OH excluding ortho intramolecular Hbond substituents is 1. The number of rotatable bonds is 2. The van der Waals surface area contributed by atoms with Crippen molar-refractivity contribution in [3.05, 3.63) is 29.3 Å². The molecule has 2 aromatic carbocycles. The van der Waals surface area contributed by atoms with Gasteiger partial charge in [0.1, 0.15) is 17.2 Å². The van der Waals surface area contributed by atoms with Crippen LogP contribution in [0.5, 0.6) is 17.2 Å². The van der Waals surface area contributed by atoms with E-state index in [1.807, 2.05) is 32.0 Å². The van der Waals surface area contributed by atoms with Gasteiger partial charge in [-0.1, -0.05) is 12.1 Å². The second kappa shape index (κ2) is 5.11. The van der Waals surface area contributed by atoms with E-state index in [1.54, 1.807) is 14.2 Å². The molecule has 3 rings (SSSR count). The molecule has 0 amide bonds. The Hall–Kier alpha value is -1.94. The van der Waals surface area contributed by atoms with Crippen LogP contribution in [0.4, 0.5) is 0 Å². The Morgan fingerprint density at radius 2 is 1.95 bits per heavy atom. The number of hydrogen-bond acceptors (Lipinski definition) is 4. The van der Waals surface area contributed by atoms with Gasteiger partial charge in [0.2, 0.25) is 0 Å². The molecule has 0 unspecified atom stereocenters. The molecular formula is C17H20O4. The van der Waals surface area contributed by atoms with Gasteiger partial charge in [-0.2, -0.15) is 0 Å². The van der Waals surface area contributed by atoms with Crippen LogP contribution in [0.1, 0.15) is 31.1 Å². The van der Waals surface area contributed by atoms with Gasteiger partial charge in [0.05, 0.1) is 31.8 Å². The molecule has 1 aliphatic heterocycles. The lowest BCUT2D eigenvalue weighted by Crippen LogP contribution is -2.23. The predicted octanol–water partition coefficient (Wildman–Crippen LogP) is 3.58. The number of ether oxygens (including phenoxy) is 3. The van der Waals surface area contributed by atoms with Crippen LogP contribution in [0.15, 0.2) is 18.2 Å². The van der Waals surface area contributed by atoms with Crippen molar-refractivity contribution in [2.75, 3.05) is 14.2 Å². The summed E-state index contributed by atoms with van der Waals surface area (Å²) in [5, 5.41) is 12.3. The number of aromatic hydroxyl groups is 1. The molecule has 0 fully saturated rings. The molecule has 2 atom stereocenters. The first-order valence-corrected chi connectivity index (χ1v) is 7.12. The third-order valence-electron chi connectivity index (χ3n) is 4.12. The van der Waals surface area contributed by atoms with Gasteiger partial charge in [-0.15, -0.1) is 0 Å². The smallest absolute Gasteiger partial charge is 0.133 e. The molecule has 2 aromatic rings. The largest absolute Gasteiger partial charge is 0.507 e. The summed E-state index contributed by atoms with van der Waals surface area (Å²) in [6, 6.07) is 5.69. The van der Waals surface area contributed by atoms with E-state index in [4.69, 9.17) is 14.2 Å². The quantitative estimate of drug-likeness (QED) is 0.917. The summed E-state index contributed by atoms with van der Waals surface area (Å²) in [6.45, 7) is 3.99. The summed E-state index contributed by atoms with van der Waals surface area (Å²) in [5.74, 6) is 1.67. The van der Waals surface area contributed by atoms with Gasteiger partial charge >= 0.3 is 0 Å².